The van der Waals surface area contributed by atoms with E-state index in [1.54, 1.807) is 18.2 Å². The van der Waals surface area contributed by atoms with Crippen LogP contribution in [0, 0.1) is 5.82 Å². The van der Waals surface area contributed by atoms with Gasteiger partial charge in [0.25, 0.3) is 5.91 Å². The van der Waals surface area contributed by atoms with Crippen LogP contribution < -0.4 is 10.2 Å². The van der Waals surface area contributed by atoms with Gasteiger partial charge in [-0.15, -0.1) is 0 Å². The van der Waals surface area contributed by atoms with Crippen molar-refractivity contribution in [2.24, 2.45) is 5.10 Å². The minimum Gasteiger partial charge on any atom is -0.507 e. The Kier molecular flexibility index (Phi) is 6.31. The number of benzene rings is 2. The van der Waals surface area contributed by atoms with Crippen LogP contribution in [0.2, 0.25) is 0 Å². The standard InChI is InChI=1S/C17H16BrFN2O3/c1-2-14(12-9-11(18)7-8-15(12)22)20-21-17(23)10-24-16-6-4-3-5-13(16)19/h3-9,22H,2,10H2,1H3,(H,21,23)/b20-14+. The molecule has 126 valence electrons. The van der Waals surface area contributed by atoms with Crippen LogP contribution >= 0.6 is 15.9 Å². The van der Waals surface area contributed by atoms with Crippen LogP contribution in [-0.2, 0) is 4.79 Å². The topological polar surface area (TPSA) is 70.9 Å². The summed E-state index contributed by atoms with van der Waals surface area (Å²) in [5.74, 6) is -1.01. The van der Waals surface area contributed by atoms with Gasteiger partial charge in [-0.2, -0.15) is 5.10 Å². The Bertz CT molecular complexity index is 765. The number of ether oxygens (including phenoxy) is 1. The van der Waals surface area contributed by atoms with Gasteiger partial charge in [-0.05, 0) is 36.8 Å². The number of halogens is 2. The van der Waals surface area contributed by atoms with Gasteiger partial charge in [0.1, 0.15) is 5.75 Å². The predicted octanol–water partition coefficient (Wildman–Crippen LogP) is 3.60. The van der Waals surface area contributed by atoms with Crippen molar-refractivity contribution in [3.63, 3.8) is 0 Å². The first-order valence-corrected chi connectivity index (χ1v) is 8.02. The maximum atomic E-state index is 13.4. The number of amides is 1. The molecule has 2 N–H and O–H groups in total. The minimum absolute atomic E-state index is 0.00280. The highest BCUT2D eigenvalue weighted by atomic mass is 79.9. The number of aromatic hydroxyl groups is 1. The van der Waals surface area contributed by atoms with E-state index in [4.69, 9.17) is 4.74 Å². The van der Waals surface area contributed by atoms with Gasteiger partial charge < -0.3 is 9.84 Å². The fraction of sp³-hybridized carbons (Fsp3) is 0.176. The van der Waals surface area contributed by atoms with Gasteiger partial charge in [0.05, 0.1) is 5.71 Å². The first kappa shape index (κ1) is 17.9. The minimum atomic E-state index is -0.540. The van der Waals surface area contributed by atoms with Crippen molar-refractivity contribution in [2.75, 3.05) is 6.61 Å². The van der Waals surface area contributed by atoms with Crippen molar-refractivity contribution in [1.29, 1.82) is 0 Å². The molecule has 0 atom stereocenters. The lowest BCUT2D eigenvalue weighted by Gasteiger charge is -2.09. The van der Waals surface area contributed by atoms with Crippen molar-refractivity contribution in [2.45, 2.75) is 13.3 Å². The second-order valence-corrected chi connectivity index (χ2v) is 5.74. The van der Waals surface area contributed by atoms with E-state index >= 15 is 0 Å². The van der Waals surface area contributed by atoms with E-state index in [0.29, 0.717) is 17.7 Å². The molecule has 0 aliphatic rings. The second kappa shape index (κ2) is 8.44. The number of phenols is 1. The summed E-state index contributed by atoms with van der Waals surface area (Å²) in [6.07, 6.45) is 0.498. The van der Waals surface area contributed by atoms with E-state index in [1.165, 1.54) is 24.3 Å². The molecule has 0 bridgehead atoms. The van der Waals surface area contributed by atoms with E-state index < -0.39 is 11.7 Å². The Labute approximate surface area is 147 Å². The van der Waals surface area contributed by atoms with Gasteiger partial charge in [0, 0.05) is 10.0 Å². The van der Waals surface area contributed by atoms with E-state index in [9.17, 15) is 14.3 Å². The van der Waals surface area contributed by atoms with Crippen molar-refractivity contribution in [3.05, 3.63) is 58.3 Å². The molecule has 7 heteroatoms. The zero-order chi connectivity index (χ0) is 17.5. The number of nitrogens with zero attached hydrogens (tertiary/aromatic N) is 1. The lowest BCUT2D eigenvalue weighted by molar-refractivity contribution is -0.123. The molecule has 0 saturated carbocycles. The molecule has 0 radical (unpaired) electrons. The predicted molar refractivity (Wildman–Crippen MR) is 92.7 cm³/mol. The molecule has 0 heterocycles. The molecule has 0 fully saturated rings. The molecule has 0 aromatic heterocycles. The molecular formula is C17H16BrFN2O3. The number of carbonyl (C=O) groups excluding carboxylic acids is 1. The average Bonchev–Trinajstić information content (AvgIpc) is 2.57. The molecule has 2 rings (SSSR count). The number of rotatable bonds is 6. The summed E-state index contributed by atoms with van der Waals surface area (Å²) in [5, 5.41) is 13.9. The Balaban J connectivity index is 2.01. The second-order valence-electron chi connectivity index (χ2n) is 4.83. The maximum absolute atomic E-state index is 13.4. The average molecular weight is 395 g/mol. The van der Waals surface area contributed by atoms with Crippen LogP contribution in [0.1, 0.15) is 18.9 Å². The monoisotopic (exact) mass is 394 g/mol. The van der Waals surface area contributed by atoms with Gasteiger partial charge in [0.2, 0.25) is 0 Å². The molecule has 0 spiro atoms. The van der Waals surface area contributed by atoms with Crippen molar-refractivity contribution >= 4 is 27.5 Å². The van der Waals surface area contributed by atoms with Crippen LogP contribution in [0.3, 0.4) is 0 Å². The summed E-state index contributed by atoms with van der Waals surface area (Å²) in [4.78, 5) is 11.8. The first-order valence-electron chi connectivity index (χ1n) is 7.23. The Morgan fingerprint density at radius 2 is 2.08 bits per heavy atom. The smallest absolute Gasteiger partial charge is 0.277 e. The van der Waals surface area contributed by atoms with Crippen LogP contribution in [0.15, 0.2) is 52.0 Å². The summed E-state index contributed by atoms with van der Waals surface area (Å²) in [5.41, 5.74) is 3.37. The quantitative estimate of drug-likeness (QED) is 0.580. The molecule has 2 aromatic rings. The van der Waals surface area contributed by atoms with Crippen LogP contribution in [-0.4, -0.2) is 23.3 Å². The summed E-state index contributed by atoms with van der Waals surface area (Å²) >= 11 is 3.32. The molecule has 0 saturated heterocycles. The van der Waals surface area contributed by atoms with Gasteiger partial charge in [-0.25, -0.2) is 9.82 Å². The van der Waals surface area contributed by atoms with E-state index in [2.05, 4.69) is 26.5 Å². The fourth-order valence-corrected chi connectivity index (χ4v) is 2.30. The number of nitrogens with one attached hydrogen (secondary N) is 1. The molecule has 0 aliphatic carbocycles. The molecule has 5 nitrogen and oxygen atoms in total. The number of phenolic OH excluding ortho intramolecular Hbond substituents is 1. The Morgan fingerprint density at radius 3 is 2.79 bits per heavy atom. The number of hydrogen-bond donors (Lipinski definition) is 2. The third kappa shape index (κ3) is 4.79. The van der Waals surface area contributed by atoms with E-state index in [-0.39, 0.29) is 18.1 Å². The summed E-state index contributed by atoms with van der Waals surface area (Å²) < 4.78 is 19.3. The third-order valence-electron chi connectivity index (χ3n) is 3.12. The molecule has 2 aromatic carbocycles. The highest BCUT2D eigenvalue weighted by Crippen LogP contribution is 2.23. The van der Waals surface area contributed by atoms with Crippen LogP contribution in [0.5, 0.6) is 11.5 Å². The number of para-hydroxylation sites is 1. The fourth-order valence-electron chi connectivity index (χ4n) is 1.94. The summed E-state index contributed by atoms with van der Waals surface area (Å²) in [6, 6.07) is 10.8. The third-order valence-corrected chi connectivity index (χ3v) is 3.61. The molecule has 1 amide bonds. The largest absolute Gasteiger partial charge is 0.507 e. The van der Waals surface area contributed by atoms with Gasteiger partial charge in [0.15, 0.2) is 18.2 Å². The van der Waals surface area contributed by atoms with Crippen molar-refractivity contribution in [1.82, 2.24) is 5.43 Å². The zero-order valence-corrected chi connectivity index (χ0v) is 14.5. The van der Waals surface area contributed by atoms with E-state index in [1.807, 2.05) is 6.92 Å². The van der Waals surface area contributed by atoms with Gasteiger partial charge in [-0.3, -0.25) is 4.79 Å². The lowest BCUT2D eigenvalue weighted by atomic mass is 10.1. The summed E-state index contributed by atoms with van der Waals surface area (Å²) in [7, 11) is 0. The number of hydrazone groups is 1. The Hall–Kier alpha value is -2.41. The van der Waals surface area contributed by atoms with E-state index in [0.717, 1.165) is 4.47 Å². The Morgan fingerprint density at radius 1 is 1.33 bits per heavy atom. The maximum Gasteiger partial charge on any atom is 0.277 e. The molecular weight excluding hydrogens is 379 g/mol. The number of carbonyl (C=O) groups is 1. The van der Waals surface area contributed by atoms with Gasteiger partial charge in [-0.1, -0.05) is 35.0 Å². The molecule has 0 aliphatic heterocycles. The highest BCUT2D eigenvalue weighted by Gasteiger charge is 2.10. The first-order chi connectivity index (χ1) is 11.5. The molecule has 0 unspecified atom stereocenters. The van der Waals surface area contributed by atoms with Crippen LogP contribution in [0.25, 0.3) is 0 Å². The molecule has 24 heavy (non-hydrogen) atoms. The summed E-state index contributed by atoms with van der Waals surface area (Å²) in [6.45, 7) is 1.48. The lowest BCUT2D eigenvalue weighted by Crippen LogP contribution is -2.26. The number of hydrogen-bond acceptors (Lipinski definition) is 4. The van der Waals surface area contributed by atoms with Crippen molar-refractivity contribution in [3.8, 4) is 11.5 Å². The van der Waals surface area contributed by atoms with Crippen molar-refractivity contribution < 1.29 is 19.0 Å². The van der Waals surface area contributed by atoms with Crippen LogP contribution in [0.4, 0.5) is 4.39 Å². The highest BCUT2D eigenvalue weighted by molar-refractivity contribution is 9.10. The normalized spacial score (nSPS) is 11.2. The van der Waals surface area contributed by atoms with Gasteiger partial charge >= 0.3 is 0 Å². The zero-order valence-electron chi connectivity index (χ0n) is 12.9. The SMILES string of the molecule is CC/C(=N\NC(=O)COc1ccccc1F)c1cc(Br)ccc1O.